The maximum Gasteiger partial charge on any atom is 0.0208 e. The lowest BCUT2D eigenvalue weighted by Crippen LogP contribution is -2.35. The Bertz CT molecular complexity index is 387. The van der Waals surface area contributed by atoms with Crippen LogP contribution in [-0.2, 0) is 6.54 Å². The predicted octanol–water partition coefficient (Wildman–Crippen LogP) is 4.22. The molecule has 2 rings (SSSR count). The van der Waals surface area contributed by atoms with Crippen LogP contribution in [-0.4, -0.2) is 6.04 Å². The van der Waals surface area contributed by atoms with Crippen LogP contribution in [0, 0.1) is 25.7 Å². The predicted molar refractivity (Wildman–Crippen MR) is 78.7 cm³/mol. The van der Waals surface area contributed by atoms with E-state index < -0.39 is 0 Å². The Labute approximate surface area is 112 Å². The van der Waals surface area contributed by atoms with Crippen molar-refractivity contribution in [3.05, 3.63) is 34.9 Å². The molecule has 0 aromatic heterocycles. The van der Waals surface area contributed by atoms with E-state index in [0.717, 1.165) is 18.4 Å². The number of rotatable bonds is 3. The Kier molecular flexibility index (Phi) is 4.45. The van der Waals surface area contributed by atoms with Gasteiger partial charge in [-0.05, 0) is 61.6 Å². The van der Waals surface area contributed by atoms with E-state index in [0.29, 0.717) is 6.04 Å². The van der Waals surface area contributed by atoms with Gasteiger partial charge in [0.25, 0.3) is 0 Å². The first-order chi connectivity index (χ1) is 8.54. The molecule has 100 valence electrons. The summed E-state index contributed by atoms with van der Waals surface area (Å²) >= 11 is 0. The van der Waals surface area contributed by atoms with Crippen molar-refractivity contribution in [1.82, 2.24) is 5.32 Å². The summed E-state index contributed by atoms with van der Waals surface area (Å²) in [5.41, 5.74) is 4.21. The van der Waals surface area contributed by atoms with E-state index in [1.165, 1.54) is 36.0 Å². The summed E-state index contributed by atoms with van der Waals surface area (Å²) in [6, 6.07) is 7.52. The fourth-order valence-electron chi connectivity index (χ4n) is 3.29. The van der Waals surface area contributed by atoms with E-state index in [2.05, 4.69) is 51.2 Å². The van der Waals surface area contributed by atoms with Gasteiger partial charge in [0.15, 0.2) is 0 Å². The van der Waals surface area contributed by atoms with Gasteiger partial charge in [-0.1, -0.05) is 32.0 Å². The average molecular weight is 245 g/mol. The van der Waals surface area contributed by atoms with Gasteiger partial charge >= 0.3 is 0 Å². The minimum Gasteiger partial charge on any atom is -0.310 e. The molecular formula is C17H27N. The molecule has 0 amide bonds. The van der Waals surface area contributed by atoms with E-state index in [1.807, 2.05) is 0 Å². The van der Waals surface area contributed by atoms with Crippen LogP contribution < -0.4 is 5.32 Å². The zero-order valence-electron chi connectivity index (χ0n) is 12.3. The van der Waals surface area contributed by atoms with Gasteiger partial charge in [-0.25, -0.2) is 0 Å². The lowest BCUT2D eigenvalue weighted by atomic mass is 9.80. The fraction of sp³-hybridized carbons (Fsp3) is 0.647. The number of hydrogen-bond acceptors (Lipinski definition) is 1. The highest BCUT2D eigenvalue weighted by atomic mass is 14.9. The molecule has 0 spiro atoms. The molecular weight excluding hydrogens is 218 g/mol. The largest absolute Gasteiger partial charge is 0.310 e. The molecule has 1 saturated carbocycles. The quantitative estimate of drug-likeness (QED) is 0.841. The molecule has 1 aromatic rings. The van der Waals surface area contributed by atoms with E-state index in [4.69, 9.17) is 0 Å². The smallest absolute Gasteiger partial charge is 0.0208 e. The van der Waals surface area contributed by atoms with Gasteiger partial charge in [-0.2, -0.15) is 0 Å². The Balaban J connectivity index is 1.89. The summed E-state index contributed by atoms with van der Waals surface area (Å²) < 4.78 is 0. The van der Waals surface area contributed by atoms with Crippen LogP contribution in [0.3, 0.4) is 0 Å². The zero-order chi connectivity index (χ0) is 13.1. The third-order valence-electron chi connectivity index (χ3n) is 4.34. The van der Waals surface area contributed by atoms with Crippen molar-refractivity contribution in [3.63, 3.8) is 0 Å². The fourth-order valence-corrected chi connectivity index (χ4v) is 3.29. The summed E-state index contributed by atoms with van der Waals surface area (Å²) in [6.45, 7) is 10.2. The number of hydrogen-bond donors (Lipinski definition) is 1. The SMILES string of the molecule is Cc1ccc(CNC2CC(C)CC(C)C2)cc1C. The molecule has 2 unspecified atom stereocenters. The van der Waals surface area contributed by atoms with Crippen LogP contribution in [0.25, 0.3) is 0 Å². The standard InChI is InChI=1S/C17H27N/c1-12-7-13(2)9-17(8-12)18-11-16-6-5-14(3)15(4)10-16/h5-6,10,12-13,17-18H,7-9,11H2,1-4H3. The topological polar surface area (TPSA) is 12.0 Å². The molecule has 1 aromatic carbocycles. The van der Waals surface area contributed by atoms with Gasteiger partial charge < -0.3 is 5.32 Å². The van der Waals surface area contributed by atoms with E-state index >= 15 is 0 Å². The van der Waals surface area contributed by atoms with E-state index in [9.17, 15) is 0 Å². The molecule has 1 heteroatoms. The summed E-state index contributed by atoms with van der Waals surface area (Å²) in [7, 11) is 0. The van der Waals surface area contributed by atoms with Crippen molar-refractivity contribution in [2.75, 3.05) is 0 Å². The lowest BCUT2D eigenvalue weighted by Gasteiger charge is -2.32. The van der Waals surface area contributed by atoms with Gasteiger partial charge in [0.1, 0.15) is 0 Å². The van der Waals surface area contributed by atoms with Gasteiger partial charge in [0, 0.05) is 12.6 Å². The molecule has 1 N–H and O–H groups in total. The monoisotopic (exact) mass is 245 g/mol. The third kappa shape index (κ3) is 3.58. The Morgan fingerprint density at radius 1 is 1.00 bits per heavy atom. The third-order valence-corrected chi connectivity index (χ3v) is 4.34. The lowest BCUT2D eigenvalue weighted by molar-refractivity contribution is 0.238. The van der Waals surface area contributed by atoms with Crippen LogP contribution in [0.5, 0.6) is 0 Å². The van der Waals surface area contributed by atoms with E-state index in [-0.39, 0.29) is 0 Å². The highest BCUT2D eigenvalue weighted by molar-refractivity contribution is 5.29. The Morgan fingerprint density at radius 2 is 1.67 bits per heavy atom. The molecule has 0 saturated heterocycles. The van der Waals surface area contributed by atoms with Crippen LogP contribution in [0.2, 0.25) is 0 Å². The summed E-state index contributed by atoms with van der Waals surface area (Å²) in [6.07, 6.45) is 4.09. The maximum atomic E-state index is 3.75. The first-order valence-electron chi connectivity index (χ1n) is 7.34. The summed E-state index contributed by atoms with van der Waals surface area (Å²) in [5.74, 6) is 1.76. The highest BCUT2D eigenvalue weighted by Crippen LogP contribution is 2.28. The highest BCUT2D eigenvalue weighted by Gasteiger charge is 2.23. The van der Waals surface area contributed by atoms with Crippen molar-refractivity contribution in [2.24, 2.45) is 11.8 Å². The number of benzene rings is 1. The molecule has 2 atom stereocenters. The maximum absolute atomic E-state index is 3.75. The minimum atomic E-state index is 0.713. The second-order valence-electron chi connectivity index (χ2n) is 6.41. The first-order valence-corrected chi connectivity index (χ1v) is 7.34. The molecule has 1 aliphatic rings. The molecule has 0 radical (unpaired) electrons. The van der Waals surface area contributed by atoms with Gasteiger partial charge in [0.2, 0.25) is 0 Å². The normalized spacial score (nSPS) is 28.3. The summed E-state index contributed by atoms with van der Waals surface area (Å²) in [4.78, 5) is 0. The average Bonchev–Trinajstić information content (AvgIpc) is 2.29. The minimum absolute atomic E-state index is 0.713. The molecule has 1 fully saturated rings. The Morgan fingerprint density at radius 3 is 2.28 bits per heavy atom. The van der Waals surface area contributed by atoms with Gasteiger partial charge in [-0.15, -0.1) is 0 Å². The number of nitrogens with one attached hydrogen (secondary N) is 1. The molecule has 0 heterocycles. The molecule has 0 aliphatic heterocycles. The van der Waals surface area contributed by atoms with Crippen LogP contribution in [0.1, 0.15) is 49.8 Å². The second kappa shape index (κ2) is 5.88. The van der Waals surface area contributed by atoms with Gasteiger partial charge in [0.05, 0.1) is 0 Å². The molecule has 1 nitrogen and oxygen atoms in total. The van der Waals surface area contributed by atoms with Crippen molar-refractivity contribution < 1.29 is 0 Å². The van der Waals surface area contributed by atoms with E-state index in [1.54, 1.807) is 0 Å². The second-order valence-corrected chi connectivity index (χ2v) is 6.41. The number of aryl methyl sites for hydroxylation is 2. The van der Waals surface area contributed by atoms with Crippen LogP contribution >= 0.6 is 0 Å². The van der Waals surface area contributed by atoms with Crippen LogP contribution in [0.4, 0.5) is 0 Å². The molecule has 1 aliphatic carbocycles. The van der Waals surface area contributed by atoms with Crippen molar-refractivity contribution in [2.45, 2.75) is 59.5 Å². The van der Waals surface area contributed by atoms with Crippen molar-refractivity contribution >= 4 is 0 Å². The Hall–Kier alpha value is -0.820. The first kappa shape index (κ1) is 13.6. The summed E-state index contributed by atoms with van der Waals surface area (Å²) in [5, 5.41) is 3.75. The van der Waals surface area contributed by atoms with Gasteiger partial charge in [-0.3, -0.25) is 0 Å². The zero-order valence-corrected chi connectivity index (χ0v) is 12.3. The van der Waals surface area contributed by atoms with Crippen LogP contribution in [0.15, 0.2) is 18.2 Å². The van der Waals surface area contributed by atoms with Crippen molar-refractivity contribution in [3.8, 4) is 0 Å². The molecule has 18 heavy (non-hydrogen) atoms. The van der Waals surface area contributed by atoms with Crippen molar-refractivity contribution in [1.29, 1.82) is 0 Å². The molecule has 0 bridgehead atoms.